The van der Waals surface area contributed by atoms with Crippen LogP contribution < -0.4 is 4.90 Å². The summed E-state index contributed by atoms with van der Waals surface area (Å²) in [6.07, 6.45) is 1.81. The molecule has 0 aliphatic rings. The van der Waals surface area contributed by atoms with Crippen molar-refractivity contribution < 1.29 is 0 Å². The maximum Gasteiger partial charge on any atom is 0.186 e. The minimum absolute atomic E-state index is 0.779. The summed E-state index contributed by atoms with van der Waals surface area (Å²) in [6, 6.07) is 5.93. The van der Waals surface area contributed by atoms with Crippen molar-refractivity contribution in [3.05, 3.63) is 40.1 Å². The molecule has 0 aliphatic heterocycles. The van der Waals surface area contributed by atoms with E-state index in [4.69, 9.17) is 0 Å². The number of halogens is 1. The smallest absolute Gasteiger partial charge is 0.186 e. The minimum atomic E-state index is 0.779. The second-order valence-corrected chi connectivity index (χ2v) is 4.78. The molecule has 0 amide bonds. The lowest BCUT2D eigenvalue weighted by molar-refractivity contribution is 0.877. The lowest BCUT2D eigenvalue weighted by Crippen LogP contribution is -2.16. The zero-order valence-corrected chi connectivity index (χ0v) is 10.6. The highest BCUT2D eigenvalue weighted by Crippen LogP contribution is 2.23. The lowest BCUT2D eigenvalue weighted by Gasteiger charge is -2.14. The summed E-state index contributed by atoms with van der Waals surface area (Å²) in [7, 11) is 2.01. The fraction of sp³-hybridized carbons (Fsp3) is 0.200. The normalized spacial score (nSPS) is 10.3. The first-order chi connectivity index (χ1) is 7.25. The van der Waals surface area contributed by atoms with Crippen LogP contribution >= 0.6 is 27.3 Å². The third kappa shape index (κ3) is 2.76. The molecule has 0 radical (unpaired) electrons. The van der Waals surface area contributed by atoms with Crippen molar-refractivity contribution in [2.24, 2.45) is 0 Å². The molecule has 0 spiro atoms. The predicted octanol–water partition coefficient (Wildman–Crippen LogP) is 2.94. The second-order valence-electron chi connectivity index (χ2n) is 3.13. The number of hydrogen-bond acceptors (Lipinski definition) is 4. The number of thiazole rings is 1. The van der Waals surface area contributed by atoms with E-state index in [1.165, 1.54) is 0 Å². The van der Waals surface area contributed by atoms with E-state index in [-0.39, 0.29) is 0 Å². The Balaban J connectivity index is 2.07. The van der Waals surface area contributed by atoms with E-state index >= 15 is 0 Å². The second kappa shape index (κ2) is 4.72. The van der Waals surface area contributed by atoms with Crippen molar-refractivity contribution in [3.63, 3.8) is 0 Å². The van der Waals surface area contributed by atoms with E-state index in [2.05, 4.69) is 30.8 Å². The van der Waals surface area contributed by atoms with Gasteiger partial charge < -0.3 is 4.90 Å². The molecule has 0 bridgehead atoms. The van der Waals surface area contributed by atoms with Gasteiger partial charge in [-0.15, -0.1) is 11.3 Å². The van der Waals surface area contributed by atoms with Crippen LogP contribution in [-0.2, 0) is 6.54 Å². The molecule has 2 heterocycles. The molecule has 0 saturated heterocycles. The van der Waals surface area contributed by atoms with Crippen LogP contribution in [0.25, 0.3) is 0 Å². The fourth-order valence-electron chi connectivity index (χ4n) is 1.22. The van der Waals surface area contributed by atoms with E-state index in [0.717, 1.165) is 22.0 Å². The van der Waals surface area contributed by atoms with Gasteiger partial charge >= 0.3 is 0 Å². The molecule has 5 heteroatoms. The van der Waals surface area contributed by atoms with Crippen molar-refractivity contribution >= 4 is 32.4 Å². The number of nitrogens with zero attached hydrogens (tertiary/aromatic N) is 3. The number of hydrogen-bond donors (Lipinski definition) is 0. The molecule has 0 fully saturated rings. The monoisotopic (exact) mass is 283 g/mol. The van der Waals surface area contributed by atoms with E-state index in [1.807, 2.05) is 30.6 Å². The van der Waals surface area contributed by atoms with Gasteiger partial charge in [-0.2, -0.15) is 0 Å². The van der Waals surface area contributed by atoms with Gasteiger partial charge in [0.15, 0.2) is 5.13 Å². The largest absolute Gasteiger partial charge is 0.345 e. The van der Waals surface area contributed by atoms with Crippen molar-refractivity contribution in [1.29, 1.82) is 0 Å². The number of pyridine rings is 1. The van der Waals surface area contributed by atoms with Crippen molar-refractivity contribution in [3.8, 4) is 0 Å². The first-order valence-electron chi connectivity index (χ1n) is 4.48. The molecule has 2 rings (SSSR count). The van der Waals surface area contributed by atoms with Gasteiger partial charge in [-0.1, -0.05) is 6.07 Å². The standard InChI is InChI=1S/C10H10BrN3S/c1-14(10-13-9(11)7-15-10)6-8-4-2-3-5-12-8/h2-5,7H,6H2,1H3. The van der Waals surface area contributed by atoms with E-state index in [9.17, 15) is 0 Å². The molecule has 0 aromatic carbocycles. The average Bonchev–Trinajstić information content (AvgIpc) is 2.66. The van der Waals surface area contributed by atoms with Crippen LogP contribution in [0.15, 0.2) is 34.4 Å². The van der Waals surface area contributed by atoms with Crippen molar-refractivity contribution in [2.75, 3.05) is 11.9 Å². The van der Waals surface area contributed by atoms with Gasteiger partial charge in [0, 0.05) is 18.6 Å². The highest BCUT2D eigenvalue weighted by molar-refractivity contribution is 9.10. The Bertz CT molecular complexity index is 429. The van der Waals surface area contributed by atoms with Crippen LogP contribution in [0.5, 0.6) is 0 Å². The first-order valence-corrected chi connectivity index (χ1v) is 6.15. The Kier molecular flexibility index (Phi) is 3.33. The summed E-state index contributed by atoms with van der Waals surface area (Å²) in [5.74, 6) is 0. The van der Waals surface area contributed by atoms with Gasteiger partial charge in [-0.05, 0) is 28.1 Å². The van der Waals surface area contributed by atoms with Crippen LogP contribution in [0.2, 0.25) is 0 Å². The van der Waals surface area contributed by atoms with E-state index in [1.54, 1.807) is 17.5 Å². The molecular formula is C10H10BrN3S. The highest BCUT2D eigenvalue weighted by Gasteiger charge is 2.06. The Labute approximate surface area is 101 Å². The SMILES string of the molecule is CN(Cc1ccccn1)c1nc(Br)cs1. The molecule has 0 unspecified atom stereocenters. The van der Waals surface area contributed by atoms with Crippen LogP contribution in [0.1, 0.15) is 5.69 Å². The average molecular weight is 284 g/mol. The third-order valence-electron chi connectivity index (χ3n) is 1.92. The zero-order chi connectivity index (χ0) is 10.7. The molecule has 3 nitrogen and oxygen atoms in total. The van der Waals surface area contributed by atoms with Crippen LogP contribution in [0.4, 0.5) is 5.13 Å². The molecule has 2 aromatic rings. The van der Waals surface area contributed by atoms with Gasteiger partial charge in [0.05, 0.1) is 12.2 Å². The summed E-state index contributed by atoms with van der Waals surface area (Å²) < 4.78 is 0.885. The van der Waals surface area contributed by atoms with Gasteiger partial charge in [-0.3, -0.25) is 4.98 Å². The third-order valence-corrected chi connectivity index (χ3v) is 3.58. The number of rotatable bonds is 3. The molecule has 78 valence electrons. The number of anilines is 1. The maximum absolute atomic E-state index is 4.34. The van der Waals surface area contributed by atoms with Crippen molar-refractivity contribution in [2.45, 2.75) is 6.54 Å². The Hall–Kier alpha value is -0.940. The van der Waals surface area contributed by atoms with Crippen LogP contribution in [0, 0.1) is 0 Å². The Morgan fingerprint density at radius 2 is 2.33 bits per heavy atom. The molecule has 0 N–H and O–H groups in total. The van der Waals surface area contributed by atoms with Gasteiger partial charge in [0.2, 0.25) is 0 Å². The van der Waals surface area contributed by atoms with Crippen LogP contribution in [-0.4, -0.2) is 17.0 Å². The first kappa shape index (κ1) is 10.6. The molecule has 0 aliphatic carbocycles. The zero-order valence-electron chi connectivity index (χ0n) is 8.22. The summed E-state index contributed by atoms with van der Waals surface area (Å²) in [5, 5.41) is 2.97. The topological polar surface area (TPSA) is 29.0 Å². The van der Waals surface area contributed by atoms with E-state index in [0.29, 0.717) is 0 Å². The van der Waals surface area contributed by atoms with Crippen LogP contribution in [0.3, 0.4) is 0 Å². The number of aromatic nitrogens is 2. The highest BCUT2D eigenvalue weighted by atomic mass is 79.9. The lowest BCUT2D eigenvalue weighted by atomic mass is 10.3. The Morgan fingerprint density at radius 1 is 1.47 bits per heavy atom. The molecule has 2 aromatic heterocycles. The predicted molar refractivity (Wildman–Crippen MR) is 66.2 cm³/mol. The summed E-state index contributed by atoms with van der Waals surface area (Å²) >= 11 is 4.96. The molecular weight excluding hydrogens is 274 g/mol. The molecule has 15 heavy (non-hydrogen) atoms. The molecule has 0 atom stereocenters. The molecule has 0 saturated carbocycles. The maximum atomic E-state index is 4.34. The quantitative estimate of drug-likeness (QED) is 0.867. The van der Waals surface area contributed by atoms with Crippen molar-refractivity contribution in [1.82, 2.24) is 9.97 Å². The summed E-state index contributed by atoms with van der Waals surface area (Å²) in [5.41, 5.74) is 1.05. The van der Waals surface area contributed by atoms with Gasteiger partial charge in [0.25, 0.3) is 0 Å². The fourth-order valence-corrected chi connectivity index (χ4v) is 2.44. The van der Waals surface area contributed by atoms with E-state index < -0.39 is 0 Å². The minimum Gasteiger partial charge on any atom is -0.345 e. The Morgan fingerprint density at radius 3 is 2.93 bits per heavy atom. The summed E-state index contributed by atoms with van der Waals surface area (Å²) in [4.78, 5) is 10.7. The van der Waals surface area contributed by atoms with Gasteiger partial charge in [-0.25, -0.2) is 4.98 Å². The summed E-state index contributed by atoms with van der Waals surface area (Å²) in [6.45, 7) is 0.779. The van der Waals surface area contributed by atoms with Gasteiger partial charge in [0.1, 0.15) is 4.60 Å².